The first kappa shape index (κ1) is 22.0. The summed E-state index contributed by atoms with van der Waals surface area (Å²) in [6, 6.07) is 35.1. The van der Waals surface area contributed by atoms with Crippen LogP contribution in [0.25, 0.3) is 72.0 Å². The molecule has 0 atom stereocenters. The highest BCUT2D eigenvalue weighted by atomic mass is 15.2. The molecular weight excluding hydrogens is 474 g/mol. The van der Waals surface area contributed by atoms with Gasteiger partial charge >= 0.3 is 0 Å². The van der Waals surface area contributed by atoms with E-state index in [9.17, 15) is 0 Å². The molecule has 0 aliphatic carbocycles. The van der Waals surface area contributed by atoms with Gasteiger partial charge in [-0.25, -0.2) is 0 Å². The van der Waals surface area contributed by atoms with E-state index in [-0.39, 0.29) is 0 Å². The van der Waals surface area contributed by atoms with Crippen LogP contribution in [0.5, 0.6) is 0 Å². The van der Waals surface area contributed by atoms with Crippen molar-refractivity contribution in [3.63, 3.8) is 0 Å². The van der Waals surface area contributed by atoms with Crippen LogP contribution in [0.1, 0.15) is 6.92 Å². The van der Waals surface area contributed by atoms with Gasteiger partial charge in [0.2, 0.25) is 0 Å². The summed E-state index contributed by atoms with van der Waals surface area (Å²) >= 11 is 0. The Hall–Kier alpha value is -5.02. The summed E-state index contributed by atoms with van der Waals surface area (Å²) in [6.07, 6.45) is 6.39. The lowest BCUT2D eigenvalue weighted by Crippen LogP contribution is -2.39. The van der Waals surface area contributed by atoms with Crippen LogP contribution in [0.15, 0.2) is 116 Å². The molecule has 0 radical (unpaired) electrons. The summed E-state index contributed by atoms with van der Waals surface area (Å²) in [4.78, 5) is 0. The van der Waals surface area contributed by atoms with Crippen LogP contribution in [0, 0.1) is 0 Å². The van der Waals surface area contributed by atoms with Crippen LogP contribution in [0.2, 0.25) is 0 Å². The highest BCUT2D eigenvalue weighted by molar-refractivity contribution is 6.35. The highest BCUT2D eigenvalue weighted by Gasteiger charge is 2.26. The van der Waals surface area contributed by atoms with Crippen molar-refractivity contribution < 1.29 is 0 Å². The predicted molar refractivity (Wildman–Crippen MR) is 167 cm³/mol. The molecule has 3 heteroatoms. The van der Waals surface area contributed by atoms with Crippen molar-refractivity contribution in [2.24, 2.45) is 0 Å². The molecule has 0 saturated heterocycles. The van der Waals surface area contributed by atoms with Gasteiger partial charge in [0, 0.05) is 33.6 Å². The normalized spacial score (nSPS) is 13.8. The van der Waals surface area contributed by atoms with E-state index < -0.39 is 0 Å². The van der Waals surface area contributed by atoms with Gasteiger partial charge in [0.1, 0.15) is 5.82 Å². The summed E-state index contributed by atoms with van der Waals surface area (Å²) in [5.41, 5.74) is 5.91. The second-order valence-electron chi connectivity index (χ2n) is 10.1. The van der Waals surface area contributed by atoms with Gasteiger partial charge < -0.3 is 9.88 Å². The van der Waals surface area contributed by atoms with E-state index in [4.69, 9.17) is 0 Å². The molecule has 186 valence electrons. The van der Waals surface area contributed by atoms with Crippen molar-refractivity contribution in [3.8, 4) is 0 Å². The first-order valence-electron chi connectivity index (χ1n) is 13.5. The van der Waals surface area contributed by atoms with Crippen LogP contribution in [0.4, 0.5) is 0 Å². The summed E-state index contributed by atoms with van der Waals surface area (Å²) in [6.45, 7) is 7.08. The molecule has 7 aromatic rings. The molecule has 3 heterocycles. The Morgan fingerprint density at radius 2 is 1.36 bits per heavy atom. The highest BCUT2D eigenvalue weighted by Crippen LogP contribution is 2.45. The minimum absolute atomic E-state index is 0.782. The van der Waals surface area contributed by atoms with E-state index in [1.807, 2.05) is 6.08 Å². The van der Waals surface area contributed by atoms with E-state index in [0.717, 1.165) is 18.1 Å². The molecule has 0 amide bonds. The number of aromatic nitrogens is 2. The Morgan fingerprint density at radius 1 is 0.718 bits per heavy atom. The second kappa shape index (κ2) is 8.24. The average Bonchev–Trinajstić information content (AvgIpc) is 3.51. The topological polar surface area (TPSA) is 21.9 Å². The standard InChI is InChI=1S/C36H27N3/c1-3-24(4-2)38-31-20-12-11-19-30(31)34-35(38)32-28-17-9-7-15-26(28)27-16-8-10-18-29(27)33(32)39(34)36-25-14-6-5-13-23(25)21-22-37-36/h3-21,37H,1,22H2,2H3/b24-4+. The summed E-state index contributed by atoms with van der Waals surface area (Å²) in [7, 11) is 0. The third kappa shape index (κ3) is 2.87. The fourth-order valence-electron chi connectivity index (χ4n) is 6.66. The average molecular weight is 502 g/mol. The maximum absolute atomic E-state index is 4.20. The van der Waals surface area contributed by atoms with Gasteiger partial charge in [-0.15, -0.1) is 0 Å². The van der Waals surface area contributed by atoms with Crippen LogP contribution < -0.4 is 15.8 Å². The predicted octanol–water partition coefficient (Wildman–Crippen LogP) is 7.10. The molecule has 2 aromatic heterocycles. The molecular formula is C36H27N3. The Kier molecular flexibility index (Phi) is 4.65. The summed E-state index contributed by atoms with van der Waals surface area (Å²) < 4.78 is 4.90. The SMILES string of the molecule is C=C/C(=C\C)n1c2ccccc2c2c1c1c3ccccc3c3ccccc3c1n2C1=c2ccccc2=CCN1. The first-order valence-corrected chi connectivity index (χ1v) is 13.5. The second-order valence-corrected chi connectivity index (χ2v) is 10.1. The largest absolute Gasteiger partial charge is 0.367 e. The summed E-state index contributed by atoms with van der Waals surface area (Å²) in [5, 5.41) is 13.8. The molecule has 1 aliphatic rings. The van der Waals surface area contributed by atoms with Crippen molar-refractivity contribution in [1.29, 1.82) is 0 Å². The number of nitrogens with zero attached hydrogens (tertiary/aromatic N) is 2. The lowest BCUT2D eigenvalue weighted by molar-refractivity contribution is 0.928. The van der Waals surface area contributed by atoms with Crippen LogP contribution >= 0.6 is 0 Å². The van der Waals surface area contributed by atoms with Crippen molar-refractivity contribution in [2.75, 3.05) is 6.54 Å². The van der Waals surface area contributed by atoms with Gasteiger partial charge in [0.05, 0.1) is 22.1 Å². The molecule has 3 nitrogen and oxygen atoms in total. The molecule has 8 rings (SSSR count). The Balaban J connectivity index is 1.80. The maximum Gasteiger partial charge on any atom is 0.119 e. The van der Waals surface area contributed by atoms with Gasteiger partial charge in [0.15, 0.2) is 0 Å². The van der Waals surface area contributed by atoms with Gasteiger partial charge in [-0.1, -0.05) is 110 Å². The van der Waals surface area contributed by atoms with Crippen LogP contribution in [0.3, 0.4) is 0 Å². The molecule has 0 fully saturated rings. The maximum atomic E-state index is 4.20. The van der Waals surface area contributed by atoms with E-state index in [1.54, 1.807) is 0 Å². The lowest BCUT2D eigenvalue weighted by Gasteiger charge is -2.19. The number of nitrogens with one attached hydrogen (secondary N) is 1. The van der Waals surface area contributed by atoms with Gasteiger partial charge in [-0.05, 0) is 40.4 Å². The molecule has 1 aliphatic heterocycles. The van der Waals surface area contributed by atoms with Crippen molar-refractivity contribution >= 4 is 72.0 Å². The summed E-state index contributed by atoms with van der Waals surface area (Å²) in [5.74, 6) is 1.12. The zero-order valence-corrected chi connectivity index (χ0v) is 21.8. The van der Waals surface area contributed by atoms with Crippen LogP contribution in [-0.2, 0) is 0 Å². The Labute approximate surface area is 225 Å². The number of fused-ring (bicyclic) bond motifs is 11. The molecule has 39 heavy (non-hydrogen) atoms. The van der Waals surface area contributed by atoms with E-state index in [2.05, 4.69) is 137 Å². The minimum atomic E-state index is 0.782. The van der Waals surface area contributed by atoms with E-state index >= 15 is 0 Å². The molecule has 1 N–H and O–H groups in total. The Bertz CT molecular complexity index is 2310. The number of rotatable bonds is 3. The number of para-hydroxylation sites is 1. The van der Waals surface area contributed by atoms with Crippen molar-refractivity contribution in [3.05, 3.63) is 126 Å². The number of benzene rings is 5. The van der Waals surface area contributed by atoms with E-state index in [1.165, 1.54) is 64.8 Å². The number of hydrogen-bond acceptors (Lipinski definition) is 1. The van der Waals surface area contributed by atoms with Gasteiger partial charge in [0.25, 0.3) is 0 Å². The zero-order chi connectivity index (χ0) is 26.1. The first-order chi connectivity index (χ1) is 19.3. The fraction of sp³-hybridized carbons (Fsp3) is 0.0556. The third-order valence-corrected chi connectivity index (χ3v) is 8.23. The monoisotopic (exact) mass is 501 g/mol. The quantitative estimate of drug-likeness (QED) is 0.202. The molecule has 0 bridgehead atoms. The fourth-order valence-corrected chi connectivity index (χ4v) is 6.66. The van der Waals surface area contributed by atoms with Crippen molar-refractivity contribution in [2.45, 2.75) is 6.92 Å². The number of allylic oxidation sites excluding steroid dienone is 3. The van der Waals surface area contributed by atoms with Gasteiger partial charge in [-0.3, -0.25) is 4.57 Å². The Morgan fingerprint density at radius 3 is 2.13 bits per heavy atom. The van der Waals surface area contributed by atoms with E-state index in [0.29, 0.717) is 0 Å². The lowest BCUT2D eigenvalue weighted by atomic mass is 9.98. The number of hydrogen-bond donors (Lipinski definition) is 1. The van der Waals surface area contributed by atoms with Crippen molar-refractivity contribution in [1.82, 2.24) is 14.5 Å². The van der Waals surface area contributed by atoms with Crippen LogP contribution in [-0.4, -0.2) is 15.7 Å². The molecule has 0 saturated carbocycles. The molecule has 0 spiro atoms. The zero-order valence-electron chi connectivity index (χ0n) is 21.8. The smallest absolute Gasteiger partial charge is 0.119 e. The third-order valence-electron chi connectivity index (χ3n) is 8.23. The molecule has 5 aromatic carbocycles. The minimum Gasteiger partial charge on any atom is -0.367 e. The van der Waals surface area contributed by atoms with Gasteiger partial charge in [-0.2, -0.15) is 0 Å². The molecule has 0 unspecified atom stereocenters.